The van der Waals surface area contributed by atoms with Gasteiger partial charge < -0.3 is 5.11 Å². The average Bonchev–Trinajstić information content (AvgIpc) is 3.02. The van der Waals surface area contributed by atoms with Gasteiger partial charge in [-0.1, -0.05) is 24.6 Å². The standard InChI is InChI=1S/C19H24N2O6S2/c22-18(23)9-2-1-3-12-21(16-10-13-28(24,25)14-16)29(26,27)17-8-4-6-15-7-5-11-20-19(15)17/h4-8,11,16H,1-3,9-10,12-14H2,(H,22,23)/t16-/m1/s1. The minimum absolute atomic E-state index is 0.0256. The molecule has 0 bridgehead atoms. The van der Waals surface area contributed by atoms with E-state index in [0.29, 0.717) is 30.2 Å². The Morgan fingerprint density at radius 2 is 1.93 bits per heavy atom. The van der Waals surface area contributed by atoms with Gasteiger partial charge in [-0.3, -0.25) is 9.78 Å². The third kappa shape index (κ3) is 5.12. The molecule has 0 saturated carbocycles. The predicted molar refractivity (Wildman–Crippen MR) is 109 cm³/mol. The fourth-order valence-electron chi connectivity index (χ4n) is 3.63. The van der Waals surface area contributed by atoms with Gasteiger partial charge in [-0.2, -0.15) is 4.31 Å². The van der Waals surface area contributed by atoms with Gasteiger partial charge in [0.25, 0.3) is 0 Å². The number of hydrogen-bond donors (Lipinski definition) is 1. The van der Waals surface area contributed by atoms with Crippen LogP contribution in [-0.2, 0) is 24.7 Å². The highest BCUT2D eigenvalue weighted by atomic mass is 32.2. The van der Waals surface area contributed by atoms with Crippen molar-refractivity contribution in [2.45, 2.75) is 43.0 Å². The second-order valence-electron chi connectivity index (χ2n) is 7.21. The smallest absolute Gasteiger partial charge is 0.303 e. The fraction of sp³-hybridized carbons (Fsp3) is 0.474. The largest absolute Gasteiger partial charge is 0.481 e. The summed E-state index contributed by atoms with van der Waals surface area (Å²) >= 11 is 0. The Morgan fingerprint density at radius 1 is 1.17 bits per heavy atom. The number of sulfone groups is 1. The molecule has 0 spiro atoms. The van der Waals surface area contributed by atoms with Gasteiger partial charge in [-0.15, -0.1) is 0 Å². The molecule has 8 nitrogen and oxygen atoms in total. The van der Waals surface area contributed by atoms with Gasteiger partial charge in [-0.25, -0.2) is 16.8 Å². The first-order valence-electron chi connectivity index (χ1n) is 9.48. The van der Waals surface area contributed by atoms with Crippen LogP contribution >= 0.6 is 0 Å². The number of para-hydroxylation sites is 1. The zero-order valence-corrected chi connectivity index (χ0v) is 17.5. The van der Waals surface area contributed by atoms with Gasteiger partial charge in [0.05, 0.1) is 17.0 Å². The number of nitrogens with zero attached hydrogens (tertiary/aromatic N) is 2. The first-order valence-corrected chi connectivity index (χ1v) is 12.7. The molecule has 1 N–H and O–H groups in total. The van der Waals surface area contributed by atoms with Crippen LogP contribution < -0.4 is 0 Å². The maximum atomic E-state index is 13.5. The Kier molecular flexibility index (Phi) is 6.55. The Labute approximate surface area is 170 Å². The van der Waals surface area contributed by atoms with Crippen LogP contribution in [0.25, 0.3) is 10.9 Å². The van der Waals surface area contributed by atoms with Crippen LogP contribution in [0.2, 0.25) is 0 Å². The lowest BCUT2D eigenvalue weighted by molar-refractivity contribution is -0.137. The van der Waals surface area contributed by atoms with Crippen LogP contribution in [0.1, 0.15) is 32.1 Å². The van der Waals surface area contributed by atoms with Gasteiger partial charge in [-0.05, 0) is 31.4 Å². The molecule has 2 heterocycles. The highest BCUT2D eigenvalue weighted by Gasteiger charge is 2.39. The fourth-order valence-corrected chi connectivity index (χ4v) is 7.32. The van der Waals surface area contributed by atoms with Crippen molar-refractivity contribution in [2.24, 2.45) is 0 Å². The van der Waals surface area contributed by atoms with Crippen LogP contribution in [0, 0.1) is 0 Å². The molecular formula is C19H24N2O6S2. The van der Waals surface area contributed by atoms with E-state index in [1.54, 1.807) is 24.3 Å². The maximum absolute atomic E-state index is 13.5. The highest BCUT2D eigenvalue weighted by Crippen LogP contribution is 2.29. The number of unbranched alkanes of at least 4 members (excludes halogenated alkanes) is 2. The van der Waals surface area contributed by atoms with E-state index in [9.17, 15) is 21.6 Å². The van der Waals surface area contributed by atoms with Gasteiger partial charge in [0.1, 0.15) is 4.90 Å². The van der Waals surface area contributed by atoms with Crippen molar-refractivity contribution in [1.82, 2.24) is 9.29 Å². The number of carbonyl (C=O) groups is 1. The van der Waals surface area contributed by atoms with Gasteiger partial charge in [0.15, 0.2) is 9.84 Å². The number of pyridine rings is 1. The van der Waals surface area contributed by atoms with E-state index in [-0.39, 0.29) is 35.8 Å². The van der Waals surface area contributed by atoms with E-state index in [4.69, 9.17) is 5.11 Å². The topological polar surface area (TPSA) is 122 Å². The van der Waals surface area contributed by atoms with Crippen molar-refractivity contribution in [3.8, 4) is 0 Å². The lowest BCUT2D eigenvalue weighted by Crippen LogP contribution is -2.41. The molecule has 1 aliphatic heterocycles. The minimum Gasteiger partial charge on any atom is -0.481 e. The van der Waals surface area contributed by atoms with Crippen molar-refractivity contribution in [3.63, 3.8) is 0 Å². The molecule has 0 amide bonds. The van der Waals surface area contributed by atoms with E-state index >= 15 is 0 Å². The second-order valence-corrected chi connectivity index (χ2v) is 11.3. The summed E-state index contributed by atoms with van der Waals surface area (Å²) in [5.74, 6) is -1.12. The molecule has 0 aliphatic carbocycles. The van der Waals surface area contributed by atoms with Gasteiger partial charge >= 0.3 is 5.97 Å². The maximum Gasteiger partial charge on any atom is 0.303 e. The summed E-state index contributed by atoms with van der Waals surface area (Å²) in [6, 6.07) is 7.79. The number of aliphatic carboxylic acids is 1. The molecule has 10 heteroatoms. The zero-order valence-electron chi connectivity index (χ0n) is 15.9. The number of fused-ring (bicyclic) bond motifs is 1. The molecule has 158 valence electrons. The number of carboxylic acids is 1. The summed E-state index contributed by atoms with van der Waals surface area (Å²) in [5, 5.41) is 9.44. The summed E-state index contributed by atoms with van der Waals surface area (Å²) in [6.07, 6.45) is 3.26. The highest BCUT2D eigenvalue weighted by molar-refractivity contribution is 7.92. The van der Waals surface area contributed by atoms with Crippen molar-refractivity contribution >= 4 is 36.7 Å². The molecule has 1 aromatic carbocycles. The Balaban J connectivity index is 1.90. The van der Waals surface area contributed by atoms with Crippen LogP contribution in [0.4, 0.5) is 0 Å². The normalized spacial score (nSPS) is 19.0. The first-order chi connectivity index (χ1) is 13.7. The molecule has 1 fully saturated rings. The first kappa shape index (κ1) is 21.7. The Morgan fingerprint density at radius 3 is 2.62 bits per heavy atom. The molecule has 1 aromatic heterocycles. The lowest BCUT2D eigenvalue weighted by atomic mass is 10.2. The summed E-state index contributed by atoms with van der Waals surface area (Å²) in [5.41, 5.74) is 0.353. The molecule has 0 unspecified atom stereocenters. The third-order valence-electron chi connectivity index (χ3n) is 5.07. The average molecular weight is 441 g/mol. The second kappa shape index (κ2) is 8.76. The molecule has 0 radical (unpaired) electrons. The SMILES string of the molecule is O=C(O)CCCCCN([C@@H]1CCS(=O)(=O)C1)S(=O)(=O)c1cccc2cccnc12. The van der Waals surface area contributed by atoms with Gasteiger partial charge in [0.2, 0.25) is 10.0 Å². The van der Waals surface area contributed by atoms with E-state index in [1.165, 1.54) is 16.6 Å². The Hall–Kier alpha value is -2.04. The van der Waals surface area contributed by atoms with Crippen LogP contribution in [0.15, 0.2) is 41.4 Å². The number of carboxylic acid groups (broad SMARTS) is 1. The minimum atomic E-state index is -3.97. The van der Waals surface area contributed by atoms with E-state index in [2.05, 4.69) is 4.98 Å². The molecule has 3 rings (SSSR count). The van der Waals surface area contributed by atoms with E-state index < -0.39 is 31.9 Å². The summed E-state index contributed by atoms with van der Waals surface area (Å²) in [7, 11) is -7.25. The number of benzene rings is 1. The molecule has 1 atom stereocenters. The monoisotopic (exact) mass is 440 g/mol. The van der Waals surface area contributed by atoms with E-state index in [1.807, 2.05) is 0 Å². The summed E-state index contributed by atoms with van der Waals surface area (Å²) in [4.78, 5) is 15.0. The Bertz CT molecular complexity index is 1090. The number of aromatic nitrogens is 1. The van der Waals surface area contributed by atoms with Crippen LogP contribution in [-0.4, -0.2) is 61.3 Å². The van der Waals surface area contributed by atoms with Crippen molar-refractivity contribution in [2.75, 3.05) is 18.1 Å². The van der Waals surface area contributed by atoms with E-state index in [0.717, 1.165) is 0 Å². The molecule has 1 aliphatic rings. The quantitative estimate of drug-likeness (QED) is 0.592. The third-order valence-corrected chi connectivity index (χ3v) is 8.80. The predicted octanol–water partition coefficient (Wildman–Crippen LogP) is 2.06. The van der Waals surface area contributed by atoms with Crippen LogP contribution in [0.3, 0.4) is 0 Å². The number of rotatable bonds is 9. The summed E-state index contributed by atoms with van der Waals surface area (Å²) < 4.78 is 52.3. The molecule has 29 heavy (non-hydrogen) atoms. The summed E-state index contributed by atoms with van der Waals surface area (Å²) in [6.45, 7) is 0.144. The molecular weight excluding hydrogens is 416 g/mol. The van der Waals surface area contributed by atoms with Gasteiger partial charge in [0, 0.05) is 30.6 Å². The zero-order chi connectivity index (χ0) is 21.1. The van der Waals surface area contributed by atoms with Crippen LogP contribution in [0.5, 0.6) is 0 Å². The molecule has 2 aromatic rings. The van der Waals surface area contributed by atoms with Crippen molar-refractivity contribution < 1.29 is 26.7 Å². The molecule has 1 saturated heterocycles. The number of hydrogen-bond acceptors (Lipinski definition) is 6. The van der Waals surface area contributed by atoms with Crippen molar-refractivity contribution in [3.05, 3.63) is 36.5 Å². The van der Waals surface area contributed by atoms with Crippen molar-refractivity contribution in [1.29, 1.82) is 0 Å². The lowest BCUT2D eigenvalue weighted by Gasteiger charge is -2.27. The number of sulfonamides is 1.